The number of urea groups is 1. The molecule has 0 radical (unpaired) electrons. The van der Waals surface area contributed by atoms with Gasteiger partial charge in [0.2, 0.25) is 14.3 Å². The Morgan fingerprint density at radius 1 is 0.910 bits per heavy atom. The molecule has 2 aromatic carbocycles. The number of amides is 2. The molecular formula is C49H69IN8O7SSi. The van der Waals surface area contributed by atoms with E-state index in [1.54, 1.807) is 4.68 Å². The quantitative estimate of drug-likeness (QED) is 0.0300. The smallest absolute Gasteiger partial charge is 0.320 e. The summed E-state index contributed by atoms with van der Waals surface area (Å²) in [6.07, 6.45) is 7.58. The van der Waals surface area contributed by atoms with E-state index >= 15 is 0 Å². The molecule has 0 spiro atoms. The van der Waals surface area contributed by atoms with E-state index in [0.29, 0.717) is 63.4 Å². The number of anilines is 2. The van der Waals surface area contributed by atoms with Crippen molar-refractivity contribution in [3.05, 3.63) is 89.2 Å². The minimum absolute atomic E-state index is 0.00651. The van der Waals surface area contributed by atoms with Crippen LogP contribution in [0.2, 0.25) is 11.1 Å². The summed E-state index contributed by atoms with van der Waals surface area (Å²) in [5.41, 5.74) is 5.44. The van der Waals surface area contributed by atoms with Crippen LogP contribution in [0.4, 0.5) is 16.6 Å². The highest BCUT2D eigenvalue weighted by atomic mass is 127. The molecule has 1 saturated heterocycles. The Hall–Kier alpha value is -4.24. The minimum Gasteiger partial charge on any atom is -0.491 e. The Kier molecular flexibility index (Phi) is 15.7. The monoisotopic (exact) mass is 1070 g/mol. The number of pyridine rings is 1. The van der Waals surface area contributed by atoms with Crippen molar-refractivity contribution in [3.8, 4) is 17.2 Å². The molecule has 2 amide bonds. The molecule has 0 saturated carbocycles. The molecule has 364 valence electrons. The molecule has 1 fully saturated rings. The third-order valence-electron chi connectivity index (χ3n) is 13.4. The number of benzene rings is 2. The van der Waals surface area contributed by atoms with Crippen molar-refractivity contribution < 1.29 is 31.3 Å². The molecule has 0 bridgehead atoms. The number of halogens is 1. The molecule has 5 aromatic rings. The van der Waals surface area contributed by atoms with Gasteiger partial charge in [-0.15, -0.1) is 10.2 Å². The summed E-state index contributed by atoms with van der Waals surface area (Å²) >= 11 is 2.51. The fourth-order valence-corrected chi connectivity index (χ4v) is 19.7. The number of hydrogen-bond acceptors (Lipinski definition) is 11. The first-order valence-electron chi connectivity index (χ1n) is 23.6. The van der Waals surface area contributed by atoms with Crippen molar-refractivity contribution in [2.45, 2.75) is 152 Å². The number of hydrogen-bond donors (Lipinski definition) is 2. The van der Waals surface area contributed by atoms with Crippen LogP contribution in [0.5, 0.6) is 11.5 Å². The lowest BCUT2D eigenvalue weighted by atomic mass is 9.85. The summed E-state index contributed by atoms with van der Waals surface area (Å²) in [5, 5.41) is 20.5. The van der Waals surface area contributed by atoms with E-state index in [2.05, 4.69) is 130 Å². The van der Waals surface area contributed by atoms with Gasteiger partial charge >= 0.3 is 6.03 Å². The number of rotatable bonds is 17. The van der Waals surface area contributed by atoms with Gasteiger partial charge in [0.15, 0.2) is 5.65 Å². The third kappa shape index (κ3) is 11.5. The van der Waals surface area contributed by atoms with Crippen LogP contribution >= 0.6 is 22.6 Å². The molecule has 1 aliphatic heterocycles. The molecule has 15 nitrogen and oxygen atoms in total. The van der Waals surface area contributed by atoms with Gasteiger partial charge in [-0.3, -0.25) is 13.9 Å². The highest BCUT2D eigenvalue weighted by Crippen LogP contribution is 2.42. The molecule has 4 heterocycles. The average Bonchev–Trinajstić information content (AvgIpc) is 3.87. The number of carbonyl (C=O) groups is 1. The summed E-state index contributed by atoms with van der Waals surface area (Å²) in [5.74, 6) is 2.55. The number of carbonyl (C=O) groups excluding carboxylic acids is 1. The van der Waals surface area contributed by atoms with Gasteiger partial charge in [-0.25, -0.2) is 9.48 Å². The van der Waals surface area contributed by atoms with Gasteiger partial charge in [0.25, 0.3) is 10.1 Å². The second kappa shape index (κ2) is 20.8. The average molecular weight is 1070 g/mol. The Labute approximate surface area is 411 Å². The molecule has 7 rings (SSSR count). The Morgan fingerprint density at radius 3 is 2.27 bits per heavy atom. The highest BCUT2D eigenvalue weighted by Gasteiger charge is 2.46. The van der Waals surface area contributed by atoms with E-state index in [1.807, 2.05) is 59.1 Å². The van der Waals surface area contributed by atoms with Gasteiger partial charge in [-0.1, -0.05) is 108 Å². The standard InChI is InChI=1S/C49H69IN8O7SSi/c1-31(2)67(32(3)4,35(7)50)64-30-36-19-20-37(27-43(36)62-25-26-63-66(11,60)61)58-46(28-44(55-58)49(8,9)10)52-47(59)51-41-22-23-42(40-18-13-12-17-39(40)41)65-38-21-24-45-53-54-48(56(45)29-38)57-33(5)15-14-16-34(57)6/h12-13,17-21,24,27-29,31-35,41-42H,14-16,22-23,25-26,30H2,1-11H3,(H2,51,52,59)/t33-,34+,35?,41-,42+/m0/s1. The number of nitrogens with zero attached hydrogens (tertiary/aromatic N) is 6. The Bertz CT molecular complexity index is 2600. The fraction of sp³-hybridized carbons (Fsp3) is 0.551. The lowest BCUT2D eigenvalue weighted by Crippen LogP contribution is -2.51. The van der Waals surface area contributed by atoms with Crippen molar-refractivity contribution in [1.82, 2.24) is 29.7 Å². The molecule has 1 aliphatic carbocycles. The normalized spacial score (nSPS) is 19.7. The van der Waals surface area contributed by atoms with E-state index in [0.717, 1.165) is 58.8 Å². The minimum atomic E-state index is -3.65. The van der Waals surface area contributed by atoms with Gasteiger partial charge in [0, 0.05) is 38.7 Å². The number of piperidine rings is 1. The molecule has 18 heteroatoms. The number of aromatic nitrogens is 5. The maximum atomic E-state index is 14.1. The zero-order chi connectivity index (χ0) is 48.4. The van der Waals surface area contributed by atoms with E-state index in [9.17, 15) is 13.2 Å². The Balaban J connectivity index is 1.11. The van der Waals surface area contributed by atoms with Crippen LogP contribution in [0, 0.1) is 0 Å². The van der Waals surface area contributed by atoms with Crippen LogP contribution in [0.15, 0.2) is 66.9 Å². The fourth-order valence-electron chi connectivity index (χ4n) is 9.95. The van der Waals surface area contributed by atoms with Crippen LogP contribution < -0.4 is 25.0 Å². The molecular weight excluding hydrogens is 1000 g/mol. The largest absolute Gasteiger partial charge is 0.491 e. The van der Waals surface area contributed by atoms with Crippen molar-refractivity contribution >= 4 is 64.5 Å². The van der Waals surface area contributed by atoms with Gasteiger partial charge < -0.3 is 24.1 Å². The van der Waals surface area contributed by atoms with Crippen molar-refractivity contribution in [2.75, 3.05) is 29.7 Å². The maximum absolute atomic E-state index is 14.1. The second-order valence-electron chi connectivity index (χ2n) is 19.9. The summed E-state index contributed by atoms with van der Waals surface area (Å²) in [4.78, 5) is 16.5. The van der Waals surface area contributed by atoms with E-state index in [1.165, 1.54) is 6.42 Å². The van der Waals surface area contributed by atoms with Crippen LogP contribution in [-0.2, 0) is 30.7 Å². The predicted octanol–water partition coefficient (Wildman–Crippen LogP) is 10.8. The van der Waals surface area contributed by atoms with Crippen LogP contribution in [-0.4, -0.2) is 82.2 Å². The summed E-state index contributed by atoms with van der Waals surface area (Å²) in [7, 11) is -5.91. The predicted molar refractivity (Wildman–Crippen MR) is 275 cm³/mol. The van der Waals surface area contributed by atoms with E-state index in [-0.39, 0.29) is 36.8 Å². The number of fused-ring (bicyclic) bond motifs is 2. The zero-order valence-electron chi connectivity index (χ0n) is 40.9. The Morgan fingerprint density at radius 2 is 1.61 bits per heavy atom. The topological polar surface area (TPSA) is 163 Å². The highest BCUT2D eigenvalue weighted by molar-refractivity contribution is 14.1. The lowest BCUT2D eigenvalue weighted by Gasteiger charge is -2.41. The van der Waals surface area contributed by atoms with Gasteiger partial charge in [0.1, 0.15) is 36.6 Å². The maximum Gasteiger partial charge on any atom is 0.320 e. The molecule has 5 atom stereocenters. The summed E-state index contributed by atoms with van der Waals surface area (Å²) in [6, 6.07) is 19.8. The third-order valence-corrected chi connectivity index (χ3v) is 22.4. The number of ether oxygens (including phenoxy) is 2. The summed E-state index contributed by atoms with van der Waals surface area (Å²) < 4.78 is 52.6. The molecule has 2 aliphatic rings. The van der Waals surface area contributed by atoms with Crippen molar-refractivity contribution in [1.29, 1.82) is 0 Å². The first-order chi connectivity index (χ1) is 31.7. The molecule has 1 unspecified atom stereocenters. The first-order valence-corrected chi connectivity index (χ1v) is 28.8. The van der Waals surface area contributed by atoms with E-state index < -0.39 is 18.4 Å². The number of nitrogens with one attached hydrogen (secondary N) is 2. The van der Waals surface area contributed by atoms with Crippen LogP contribution in [0.25, 0.3) is 11.3 Å². The number of alkyl halides is 1. The van der Waals surface area contributed by atoms with Crippen molar-refractivity contribution in [3.63, 3.8) is 0 Å². The summed E-state index contributed by atoms with van der Waals surface area (Å²) in [6.45, 7) is 22.1. The molecule has 67 heavy (non-hydrogen) atoms. The van der Waals surface area contributed by atoms with Gasteiger partial charge in [-0.2, -0.15) is 13.5 Å². The molecule has 3 aromatic heterocycles. The second-order valence-corrected chi connectivity index (χ2v) is 29.8. The first kappa shape index (κ1) is 50.6. The zero-order valence-corrected chi connectivity index (χ0v) is 44.9. The van der Waals surface area contributed by atoms with Gasteiger partial charge in [0.05, 0.1) is 36.5 Å². The van der Waals surface area contributed by atoms with Crippen LogP contribution in [0.3, 0.4) is 0 Å². The van der Waals surface area contributed by atoms with E-state index in [4.69, 9.17) is 23.2 Å². The van der Waals surface area contributed by atoms with Crippen molar-refractivity contribution in [2.24, 2.45) is 0 Å². The SMILES string of the molecule is CC(C)[Si](OCc1ccc(-n2nc(C(C)(C)C)cc2NC(=O)N[C@H]2CC[C@@H](Oc3ccc4nnc(N5[C@H](C)CCC[C@@H]5C)n4c3)c3ccccc32)cc1OCCOS(C)(=O)=O)(C(C)C)C(C)I. The molecule has 2 N–H and O–H groups in total. The lowest BCUT2D eigenvalue weighted by molar-refractivity contribution is 0.171. The van der Waals surface area contributed by atoms with Crippen LogP contribution in [0.1, 0.15) is 136 Å². The van der Waals surface area contributed by atoms with Gasteiger partial charge in [-0.05, 0) is 86.4 Å².